The summed E-state index contributed by atoms with van der Waals surface area (Å²) >= 11 is 0. The fourth-order valence-electron chi connectivity index (χ4n) is 4.17. The predicted octanol–water partition coefficient (Wildman–Crippen LogP) is 3.03. The second-order valence-electron chi connectivity index (χ2n) is 7.73. The van der Waals surface area contributed by atoms with Crippen LogP contribution in [0.1, 0.15) is 29.1 Å². The highest BCUT2D eigenvalue weighted by Crippen LogP contribution is 2.37. The molecule has 10 nitrogen and oxygen atoms in total. The van der Waals surface area contributed by atoms with E-state index in [9.17, 15) is 9.59 Å². The maximum absolute atomic E-state index is 12.6. The van der Waals surface area contributed by atoms with Crippen molar-refractivity contribution in [2.75, 3.05) is 31.0 Å². The van der Waals surface area contributed by atoms with E-state index in [4.69, 9.17) is 18.7 Å². The van der Waals surface area contributed by atoms with Gasteiger partial charge in [-0.05, 0) is 49.2 Å². The van der Waals surface area contributed by atoms with Gasteiger partial charge in [-0.25, -0.2) is 4.79 Å². The Labute approximate surface area is 189 Å². The van der Waals surface area contributed by atoms with Crippen molar-refractivity contribution >= 4 is 23.3 Å². The number of carbonyl (C=O) groups excluding carboxylic acids is 2. The molecule has 5 rings (SSSR count). The summed E-state index contributed by atoms with van der Waals surface area (Å²) in [5, 5.41) is 6.83. The van der Waals surface area contributed by atoms with E-state index >= 15 is 0 Å². The van der Waals surface area contributed by atoms with Gasteiger partial charge in [-0.15, -0.1) is 0 Å². The van der Waals surface area contributed by atoms with E-state index in [1.807, 2.05) is 6.07 Å². The van der Waals surface area contributed by atoms with Crippen LogP contribution in [0.15, 0.2) is 40.9 Å². The highest BCUT2D eigenvalue weighted by molar-refractivity contribution is 6.05. The number of benzene rings is 2. The standard InChI is InChI=1S/C23H22N4O6/c1-30-18-8-6-13(11-19(18)31-2)21-25-20(33-26-21)12-32-23(29)14-5-7-16-15(10-14)24-22(28)17-4-3-9-27(16)17/h5-8,10-11,17H,3-4,9,12H2,1-2H3,(H,24,28). The van der Waals surface area contributed by atoms with Crippen LogP contribution in [0.4, 0.5) is 11.4 Å². The van der Waals surface area contributed by atoms with Gasteiger partial charge in [-0.1, -0.05) is 5.16 Å². The van der Waals surface area contributed by atoms with Crippen molar-refractivity contribution in [3.05, 3.63) is 47.9 Å². The SMILES string of the molecule is COc1ccc(-c2noc(COC(=O)c3ccc4c(c3)NC(=O)C3CCCN43)n2)cc1OC. The molecule has 0 aliphatic carbocycles. The Morgan fingerprint density at radius 3 is 2.85 bits per heavy atom. The lowest BCUT2D eigenvalue weighted by atomic mass is 10.1. The van der Waals surface area contributed by atoms with E-state index in [1.54, 1.807) is 44.6 Å². The maximum atomic E-state index is 12.6. The zero-order chi connectivity index (χ0) is 22.9. The lowest BCUT2D eigenvalue weighted by Crippen LogP contribution is -2.43. The number of hydrogen-bond acceptors (Lipinski definition) is 9. The first kappa shape index (κ1) is 20.8. The molecule has 2 aliphatic heterocycles. The van der Waals surface area contributed by atoms with Gasteiger partial charge in [0.15, 0.2) is 18.1 Å². The molecule has 3 aromatic rings. The molecule has 0 spiro atoms. The molecule has 170 valence electrons. The van der Waals surface area contributed by atoms with Gasteiger partial charge in [0, 0.05) is 12.1 Å². The van der Waals surface area contributed by atoms with Crippen LogP contribution in [0, 0.1) is 0 Å². The smallest absolute Gasteiger partial charge is 0.338 e. The van der Waals surface area contributed by atoms with E-state index in [1.165, 1.54) is 0 Å². The summed E-state index contributed by atoms with van der Waals surface area (Å²) in [5.41, 5.74) is 2.53. The molecule has 0 radical (unpaired) electrons. The number of nitrogens with one attached hydrogen (secondary N) is 1. The van der Waals surface area contributed by atoms with E-state index in [0.29, 0.717) is 34.1 Å². The molecule has 1 amide bonds. The van der Waals surface area contributed by atoms with E-state index in [-0.39, 0.29) is 24.4 Å². The molecule has 2 aliphatic rings. The molecule has 1 atom stereocenters. The highest BCUT2D eigenvalue weighted by Gasteiger charge is 2.36. The van der Waals surface area contributed by atoms with Gasteiger partial charge in [0.25, 0.3) is 5.89 Å². The van der Waals surface area contributed by atoms with Crippen molar-refractivity contribution in [2.45, 2.75) is 25.5 Å². The second-order valence-corrected chi connectivity index (χ2v) is 7.73. The molecule has 2 aromatic carbocycles. The van der Waals surface area contributed by atoms with Crippen molar-refractivity contribution in [3.63, 3.8) is 0 Å². The number of rotatable bonds is 6. The first-order valence-electron chi connectivity index (χ1n) is 10.5. The minimum atomic E-state index is -0.554. The average Bonchev–Trinajstić information content (AvgIpc) is 3.52. The molecule has 1 unspecified atom stereocenters. The van der Waals surface area contributed by atoms with Crippen LogP contribution < -0.4 is 19.7 Å². The molecule has 10 heteroatoms. The Hall–Kier alpha value is -4.08. The largest absolute Gasteiger partial charge is 0.493 e. The highest BCUT2D eigenvalue weighted by atomic mass is 16.6. The lowest BCUT2D eigenvalue weighted by Gasteiger charge is -2.33. The van der Waals surface area contributed by atoms with Gasteiger partial charge in [0.05, 0.1) is 31.2 Å². The minimum absolute atomic E-state index is 0.0425. The summed E-state index contributed by atoms with van der Waals surface area (Å²) in [6.07, 6.45) is 1.81. The van der Waals surface area contributed by atoms with Gasteiger partial charge in [-0.3, -0.25) is 4.79 Å². The molecule has 1 fully saturated rings. The molecule has 3 heterocycles. The lowest BCUT2D eigenvalue weighted by molar-refractivity contribution is -0.117. The number of fused-ring (bicyclic) bond motifs is 3. The van der Waals surface area contributed by atoms with Crippen molar-refractivity contribution in [3.8, 4) is 22.9 Å². The van der Waals surface area contributed by atoms with Gasteiger partial charge in [-0.2, -0.15) is 4.98 Å². The quantitative estimate of drug-likeness (QED) is 0.566. The van der Waals surface area contributed by atoms with Crippen molar-refractivity contribution in [1.82, 2.24) is 10.1 Å². The summed E-state index contributed by atoms with van der Waals surface area (Å²) in [5.74, 6) is 1.01. The Kier molecular flexibility index (Phi) is 5.33. The van der Waals surface area contributed by atoms with Crippen LogP contribution in [0.3, 0.4) is 0 Å². The Balaban J connectivity index is 1.26. The molecule has 0 bridgehead atoms. The number of carbonyl (C=O) groups is 2. The summed E-state index contributed by atoms with van der Waals surface area (Å²) in [6.45, 7) is 0.644. The van der Waals surface area contributed by atoms with E-state index in [0.717, 1.165) is 25.1 Å². The topological polar surface area (TPSA) is 116 Å². The number of ether oxygens (including phenoxy) is 3. The van der Waals surface area contributed by atoms with Crippen LogP contribution in [-0.2, 0) is 16.1 Å². The summed E-state index contributed by atoms with van der Waals surface area (Å²) in [7, 11) is 3.09. The predicted molar refractivity (Wildman–Crippen MR) is 117 cm³/mol. The summed E-state index contributed by atoms with van der Waals surface area (Å²) in [6, 6.07) is 10.3. The van der Waals surface area contributed by atoms with Crippen molar-refractivity contribution in [1.29, 1.82) is 0 Å². The van der Waals surface area contributed by atoms with E-state index < -0.39 is 5.97 Å². The zero-order valence-corrected chi connectivity index (χ0v) is 18.2. The molecule has 1 saturated heterocycles. The first-order chi connectivity index (χ1) is 16.1. The van der Waals surface area contributed by atoms with E-state index in [2.05, 4.69) is 20.4 Å². The van der Waals surface area contributed by atoms with Gasteiger partial charge < -0.3 is 29.0 Å². The van der Waals surface area contributed by atoms with Crippen molar-refractivity contribution in [2.24, 2.45) is 0 Å². The molecular weight excluding hydrogens is 428 g/mol. The third kappa shape index (κ3) is 3.84. The Morgan fingerprint density at radius 2 is 2.03 bits per heavy atom. The number of esters is 1. The van der Waals surface area contributed by atoms with Gasteiger partial charge >= 0.3 is 5.97 Å². The maximum Gasteiger partial charge on any atom is 0.338 e. The fourth-order valence-corrected chi connectivity index (χ4v) is 4.17. The number of nitrogens with zero attached hydrogens (tertiary/aromatic N) is 3. The number of anilines is 2. The fraction of sp³-hybridized carbons (Fsp3) is 0.304. The van der Waals surface area contributed by atoms with Gasteiger partial charge in [0.2, 0.25) is 11.7 Å². The third-order valence-electron chi connectivity index (χ3n) is 5.79. The molecule has 33 heavy (non-hydrogen) atoms. The van der Waals surface area contributed by atoms with Crippen LogP contribution in [-0.4, -0.2) is 48.8 Å². The second kappa shape index (κ2) is 8.45. The molecule has 1 aromatic heterocycles. The first-order valence-corrected chi connectivity index (χ1v) is 10.5. The normalized spacial score (nSPS) is 16.6. The number of aromatic nitrogens is 2. The average molecular weight is 450 g/mol. The Bertz CT molecular complexity index is 1220. The zero-order valence-electron chi connectivity index (χ0n) is 18.2. The summed E-state index contributed by atoms with van der Waals surface area (Å²) < 4.78 is 21.1. The van der Waals surface area contributed by atoms with Crippen LogP contribution in [0.2, 0.25) is 0 Å². The monoisotopic (exact) mass is 450 g/mol. The number of hydrogen-bond donors (Lipinski definition) is 1. The van der Waals surface area contributed by atoms with Gasteiger partial charge in [0.1, 0.15) is 6.04 Å². The molecule has 0 saturated carbocycles. The van der Waals surface area contributed by atoms with Crippen LogP contribution in [0.25, 0.3) is 11.4 Å². The van der Waals surface area contributed by atoms with Crippen LogP contribution >= 0.6 is 0 Å². The van der Waals surface area contributed by atoms with Crippen LogP contribution in [0.5, 0.6) is 11.5 Å². The number of amides is 1. The van der Waals surface area contributed by atoms with Crippen molar-refractivity contribution < 1.29 is 28.3 Å². The molecular formula is C23H22N4O6. The molecule has 1 N–H and O–H groups in total. The minimum Gasteiger partial charge on any atom is -0.493 e. The summed E-state index contributed by atoms with van der Waals surface area (Å²) in [4.78, 5) is 31.2. The number of methoxy groups -OCH3 is 2. The Morgan fingerprint density at radius 1 is 1.18 bits per heavy atom. The third-order valence-corrected chi connectivity index (χ3v) is 5.79.